The number of hydrogen-bond acceptors (Lipinski definition) is 2. The predicted molar refractivity (Wildman–Crippen MR) is 86.7 cm³/mol. The minimum Gasteiger partial charge on any atom is -0.352 e. The molecule has 0 radical (unpaired) electrons. The van der Waals surface area contributed by atoms with Gasteiger partial charge in [0.2, 0.25) is 11.8 Å². The van der Waals surface area contributed by atoms with Gasteiger partial charge in [0.05, 0.1) is 5.02 Å². The maximum absolute atomic E-state index is 13.2. The summed E-state index contributed by atoms with van der Waals surface area (Å²) in [4.78, 5) is 25.0. The minimum absolute atomic E-state index is 0.0562. The Hall–Kier alpha value is -1.62. The fourth-order valence-corrected chi connectivity index (χ4v) is 3.26. The molecule has 0 heterocycles. The minimum atomic E-state index is -0.974. The van der Waals surface area contributed by atoms with E-state index in [4.69, 9.17) is 11.6 Å². The summed E-state index contributed by atoms with van der Waals surface area (Å²) in [5, 5.41) is 5.65. The molecule has 3 rings (SSSR count). The Bertz CT molecular complexity index is 625. The highest BCUT2D eigenvalue weighted by atomic mass is 35.5. The summed E-state index contributed by atoms with van der Waals surface area (Å²) in [5.74, 6) is -1.07. The summed E-state index contributed by atoms with van der Waals surface area (Å²) < 4.78 is 13.2. The van der Waals surface area contributed by atoms with Gasteiger partial charge in [-0.15, -0.1) is 0 Å². The summed E-state index contributed by atoms with van der Waals surface area (Å²) in [6.07, 6.45) is 6.52. The average Bonchev–Trinajstić information content (AvgIpc) is 3.34. The van der Waals surface area contributed by atoms with E-state index in [-0.39, 0.29) is 22.9 Å². The van der Waals surface area contributed by atoms with Crippen LogP contribution in [0.4, 0.5) is 10.1 Å². The predicted octanol–water partition coefficient (Wildman–Crippen LogP) is 3.65. The highest BCUT2D eigenvalue weighted by Gasteiger charge is 2.56. The van der Waals surface area contributed by atoms with Crippen LogP contribution in [-0.4, -0.2) is 17.9 Å². The Morgan fingerprint density at radius 2 is 1.83 bits per heavy atom. The van der Waals surface area contributed by atoms with E-state index in [2.05, 4.69) is 10.6 Å². The number of carbonyl (C=O) groups excluding carboxylic acids is 2. The molecule has 0 atom stereocenters. The molecule has 2 N–H and O–H groups in total. The van der Waals surface area contributed by atoms with Crippen molar-refractivity contribution in [3.05, 3.63) is 29.0 Å². The molecule has 0 saturated heterocycles. The molecule has 23 heavy (non-hydrogen) atoms. The van der Waals surface area contributed by atoms with Crippen molar-refractivity contribution >= 4 is 29.1 Å². The van der Waals surface area contributed by atoms with Gasteiger partial charge in [-0.3, -0.25) is 9.59 Å². The number of benzene rings is 1. The average molecular weight is 339 g/mol. The highest BCUT2D eigenvalue weighted by molar-refractivity contribution is 6.31. The first-order valence-electron chi connectivity index (χ1n) is 8.09. The SMILES string of the molecule is O=C(Nc1ccc(F)c(Cl)c1)C1(C(=O)NC2CCCCC2)CC1. The smallest absolute Gasteiger partial charge is 0.240 e. The van der Waals surface area contributed by atoms with E-state index in [1.165, 1.54) is 24.6 Å². The third-order valence-electron chi connectivity index (χ3n) is 4.74. The van der Waals surface area contributed by atoms with Gasteiger partial charge in [-0.1, -0.05) is 30.9 Å². The molecule has 0 unspecified atom stereocenters. The van der Waals surface area contributed by atoms with Crippen LogP contribution in [0.25, 0.3) is 0 Å². The number of amides is 2. The van der Waals surface area contributed by atoms with Crippen molar-refractivity contribution in [2.45, 2.75) is 51.0 Å². The molecule has 0 bridgehead atoms. The van der Waals surface area contributed by atoms with Crippen LogP contribution in [0.1, 0.15) is 44.9 Å². The lowest BCUT2D eigenvalue weighted by molar-refractivity contribution is -0.135. The van der Waals surface area contributed by atoms with Gasteiger partial charge < -0.3 is 10.6 Å². The summed E-state index contributed by atoms with van der Waals surface area (Å²) in [6.45, 7) is 0. The van der Waals surface area contributed by atoms with E-state index in [1.54, 1.807) is 0 Å². The van der Waals surface area contributed by atoms with Crippen LogP contribution in [0.2, 0.25) is 5.02 Å². The van der Waals surface area contributed by atoms with Gasteiger partial charge in [0, 0.05) is 11.7 Å². The number of rotatable bonds is 4. The van der Waals surface area contributed by atoms with Crippen molar-refractivity contribution in [2.75, 3.05) is 5.32 Å². The molecule has 2 saturated carbocycles. The zero-order chi connectivity index (χ0) is 16.4. The highest BCUT2D eigenvalue weighted by Crippen LogP contribution is 2.47. The molecule has 124 valence electrons. The molecule has 1 aromatic rings. The molecular formula is C17H20ClFN2O2. The molecule has 1 aromatic carbocycles. The van der Waals surface area contributed by atoms with Gasteiger partial charge in [0.1, 0.15) is 11.2 Å². The molecule has 4 nitrogen and oxygen atoms in total. The zero-order valence-corrected chi connectivity index (χ0v) is 13.6. The Labute approximate surface area is 139 Å². The molecular weight excluding hydrogens is 319 g/mol. The van der Waals surface area contributed by atoms with Crippen LogP contribution in [0, 0.1) is 11.2 Å². The number of hydrogen-bond donors (Lipinski definition) is 2. The number of anilines is 1. The van der Waals surface area contributed by atoms with Gasteiger partial charge in [0.15, 0.2) is 0 Å². The molecule has 6 heteroatoms. The largest absolute Gasteiger partial charge is 0.352 e. The van der Waals surface area contributed by atoms with Gasteiger partial charge in [0.25, 0.3) is 0 Å². The second-order valence-corrected chi connectivity index (χ2v) is 6.88. The maximum Gasteiger partial charge on any atom is 0.240 e. The molecule has 0 spiro atoms. The Morgan fingerprint density at radius 3 is 2.43 bits per heavy atom. The second-order valence-electron chi connectivity index (χ2n) is 6.47. The lowest BCUT2D eigenvalue weighted by Gasteiger charge is -2.25. The summed E-state index contributed by atoms with van der Waals surface area (Å²) in [7, 11) is 0. The third-order valence-corrected chi connectivity index (χ3v) is 5.03. The molecule has 0 aromatic heterocycles. The van der Waals surface area contributed by atoms with Gasteiger partial charge >= 0.3 is 0 Å². The molecule has 0 aliphatic heterocycles. The normalized spacial score (nSPS) is 19.9. The lowest BCUT2D eigenvalue weighted by atomic mass is 9.94. The van der Waals surface area contributed by atoms with Crippen LogP contribution >= 0.6 is 11.6 Å². The summed E-state index contributed by atoms with van der Waals surface area (Å²) in [5.41, 5.74) is -0.573. The Balaban J connectivity index is 1.63. The molecule has 2 aliphatic rings. The number of halogens is 2. The van der Waals surface area contributed by atoms with E-state index >= 15 is 0 Å². The van der Waals surface area contributed by atoms with Crippen LogP contribution in [0.3, 0.4) is 0 Å². The first kappa shape index (κ1) is 16.2. The number of carbonyl (C=O) groups is 2. The van der Waals surface area contributed by atoms with Crippen LogP contribution in [0.15, 0.2) is 18.2 Å². The van der Waals surface area contributed by atoms with Crippen molar-refractivity contribution in [3.63, 3.8) is 0 Å². The fourth-order valence-electron chi connectivity index (χ4n) is 3.08. The second kappa shape index (κ2) is 6.48. The van der Waals surface area contributed by atoms with Crippen molar-refractivity contribution < 1.29 is 14.0 Å². The fraction of sp³-hybridized carbons (Fsp3) is 0.529. The molecule has 2 fully saturated rings. The van der Waals surface area contributed by atoms with E-state index in [1.807, 2.05) is 0 Å². The monoisotopic (exact) mass is 338 g/mol. The van der Waals surface area contributed by atoms with Crippen LogP contribution < -0.4 is 10.6 Å². The van der Waals surface area contributed by atoms with E-state index in [0.29, 0.717) is 18.5 Å². The zero-order valence-electron chi connectivity index (χ0n) is 12.8. The summed E-state index contributed by atoms with van der Waals surface area (Å²) in [6, 6.07) is 4.17. The van der Waals surface area contributed by atoms with Crippen LogP contribution in [0.5, 0.6) is 0 Å². The topological polar surface area (TPSA) is 58.2 Å². The Morgan fingerprint density at radius 1 is 1.13 bits per heavy atom. The standard InChI is InChI=1S/C17H20ClFN2O2/c18-13-10-12(6-7-14(13)19)21-16(23)17(8-9-17)15(22)20-11-4-2-1-3-5-11/h6-7,10-11H,1-5,8-9H2,(H,20,22)(H,21,23). The van der Waals surface area contributed by atoms with Crippen molar-refractivity contribution in [1.29, 1.82) is 0 Å². The Kier molecular flexibility index (Phi) is 4.57. The summed E-state index contributed by atoms with van der Waals surface area (Å²) >= 11 is 5.71. The van der Waals surface area contributed by atoms with Crippen LogP contribution in [-0.2, 0) is 9.59 Å². The van der Waals surface area contributed by atoms with Crippen molar-refractivity contribution in [1.82, 2.24) is 5.32 Å². The molecule has 2 aliphatic carbocycles. The maximum atomic E-state index is 13.2. The van der Waals surface area contributed by atoms with Gasteiger partial charge in [-0.25, -0.2) is 4.39 Å². The first-order valence-corrected chi connectivity index (χ1v) is 8.46. The van der Waals surface area contributed by atoms with Gasteiger partial charge in [-0.2, -0.15) is 0 Å². The lowest BCUT2D eigenvalue weighted by Crippen LogP contribution is -2.45. The quantitative estimate of drug-likeness (QED) is 0.823. The third kappa shape index (κ3) is 3.50. The van der Waals surface area contributed by atoms with Gasteiger partial charge in [-0.05, 0) is 43.9 Å². The van der Waals surface area contributed by atoms with E-state index in [0.717, 1.165) is 25.7 Å². The molecule has 2 amide bonds. The van der Waals surface area contributed by atoms with Crippen molar-refractivity contribution in [2.24, 2.45) is 5.41 Å². The van der Waals surface area contributed by atoms with E-state index < -0.39 is 11.2 Å². The number of nitrogens with one attached hydrogen (secondary N) is 2. The first-order chi connectivity index (χ1) is 11.0. The van der Waals surface area contributed by atoms with E-state index in [9.17, 15) is 14.0 Å². The van der Waals surface area contributed by atoms with Crippen molar-refractivity contribution in [3.8, 4) is 0 Å².